The molecule has 10 rings (SSSR count). The van der Waals surface area contributed by atoms with Crippen molar-refractivity contribution in [2.45, 2.75) is 0 Å². The van der Waals surface area contributed by atoms with E-state index in [1.807, 2.05) is 0 Å². The average Bonchev–Trinajstić information content (AvgIpc) is 3.54. The Kier molecular flexibility index (Phi) is 6.53. The Balaban J connectivity index is 1.37. The molecule has 1 heterocycles. The average molecular weight is 637 g/mol. The molecule has 2 nitrogen and oxygen atoms in total. The third-order valence-electron chi connectivity index (χ3n) is 10.1. The van der Waals surface area contributed by atoms with Gasteiger partial charge in [-0.25, -0.2) is 0 Å². The smallest absolute Gasteiger partial charge is 0.0782 e. The first-order valence-electron chi connectivity index (χ1n) is 17.2. The molecule has 0 fully saturated rings. The van der Waals surface area contributed by atoms with Gasteiger partial charge in [-0.15, -0.1) is 0 Å². The summed E-state index contributed by atoms with van der Waals surface area (Å²) < 4.78 is 2.44. The Morgan fingerprint density at radius 2 is 0.960 bits per heavy atom. The van der Waals surface area contributed by atoms with Gasteiger partial charge in [0.2, 0.25) is 0 Å². The second-order valence-electron chi connectivity index (χ2n) is 12.9. The zero-order valence-electron chi connectivity index (χ0n) is 27.4. The third kappa shape index (κ3) is 4.43. The lowest BCUT2D eigenvalue weighted by atomic mass is 9.95. The van der Waals surface area contributed by atoms with Gasteiger partial charge in [0.15, 0.2) is 0 Å². The minimum atomic E-state index is 1.11. The molecule has 9 aromatic carbocycles. The topological polar surface area (TPSA) is 8.17 Å². The highest BCUT2D eigenvalue weighted by molar-refractivity contribution is 6.22. The molecule has 2 heteroatoms. The van der Waals surface area contributed by atoms with Crippen molar-refractivity contribution >= 4 is 71.2 Å². The van der Waals surface area contributed by atoms with E-state index in [0.717, 1.165) is 22.7 Å². The largest absolute Gasteiger partial charge is 0.308 e. The van der Waals surface area contributed by atoms with Crippen LogP contribution in [0.4, 0.5) is 17.1 Å². The van der Waals surface area contributed by atoms with Crippen molar-refractivity contribution in [2.24, 2.45) is 0 Å². The normalized spacial score (nSPS) is 11.6. The van der Waals surface area contributed by atoms with E-state index in [0.29, 0.717) is 0 Å². The van der Waals surface area contributed by atoms with Crippen LogP contribution in [-0.4, -0.2) is 4.57 Å². The quantitative estimate of drug-likeness (QED) is 0.171. The van der Waals surface area contributed by atoms with Gasteiger partial charge < -0.3 is 9.47 Å². The first kappa shape index (κ1) is 28.4. The highest BCUT2D eigenvalue weighted by Gasteiger charge is 2.24. The molecule has 0 aliphatic rings. The van der Waals surface area contributed by atoms with E-state index in [2.05, 4.69) is 204 Å². The van der Waals surface area contributed by atoms with Crippen molar-refractivity contribution in [3.63, 3.8) is 0 Å². The summed E-state index contributed by atoms with van der Waals surface area (Å²) in [5, 5.41) is 9.92. The Labute approximate surface area is 290 Å². The van der Waals surface area contributed by atoms with E-state index in [1.165, 1.54) is 65.3 Å². The molecular weight excluding hydrogens is 605 g/mol. The number of anilines is 3. The first-order chi connectivity index (χ1) is 24.8. The van der Waals surface area contributed by atoms with E-state index in [4.69, 9.17) is 0 Å². The Morgan fingerprint density at radius 3 is 1.80 bits per heavy atom. The van der Waals surface area contributed by atoms with Gasteiger partial charge in [-0.1, -0.05) is 152 Å². The molecule has 0 aliphatic heterocycles. The number of nitrogens with zero attached hydrogens (tertiary/aromatic N) is 2. The fraction of sp³-hybridized carbons (Fsp3) is 0. The van der Waals surface area contributed by atoms with Crippen LogP contribution in [0.3, 0.4) is 0 Å². The Bertz CT molecular complexity index is 2870. The maximum absolute atomic E-state index is 2.50. The van der Waals surface area contributed by atoms with E-state index in [9.17, 15) is 0 Å². The minimum Gasteiger partial charge on any atom is -0.308 e. The predicted octanol–water partition coefficient (Wildman–Crippen LogP) is 13.4. The fourth-order valence-corrected chi connectivity index (χ4v) is 7.92. The van der Waals surface area contributed by atoms with Crippen LogP contribution in [0.25, 0.3) is 70.9 Å². The standard InChI is InChI=1S/C48H32N2/c1-3-15-33(16-4-1)35-18-13-21-37(31-35)49(47-32-44-38-22-8-7-17-34(38)29-30-40(44)39-23-9-10-24-41(39)47)46-28-14-26-43-42-25-11-12-27-45(42)50(48(43)46)36-19-5-2-6-20-36/h1-32H. The highest BCUT2D eigenvalue weighted by Crippen LogP contribution is 2.47. The van der Waals surface area contributed by atoms with Crippen molar-refractivity contribution in [2.75, 3.05) is 4.90 Å². The summed E-state index contributed by atoms with van der Waals surface area (Å²) >= 11 is 0. The van der Waals surface area contributed by atoms with Gasteiger partial charge in [0.1, 0.15) is 0 Å². The van der Waals surface area contributed by atoms with E-state index in [-0.39, 0.29) is 0 Å². The molecule has 0 N–H and O–H groups in total. The molecule has 0 bridgehead atoms. The zero-order valence-corrected chi connectivity index (χ0v) is 27.4. The van der Waals surface area contributed by atoms with Crippen LogP contribution in [-0.2, 0) is 0 Å². The number of hydrogen-bond acceptors (Lipinski definition) is 1. The van der Waals surface area contributed by atoms with Crippen molar-refractivity contribution in [1.82, 2.24) is 4.57 Å². The molecule has 10 aromatic rings. The summed E-state index contributed by atoms with van der Waals surface area (Å²) in [6.45, 7) is 0. The van der Waals surface area contributed by atoms with E-state index in [1.54, 1.807) is 0 Å². The molecule has 50 heavy (non-hydrogen) atoms. The number of para-hydroxylation sites is 3. The van der Waals surface area contributed by atoms with Gasteiger partial charge in [-0.2, -0.15) is 0 Å². The summed E-state index contributed by atoms with van der Waals surface area (Å²) in [6, 6.07) is 70.6. The van der Waals surface area contributed by atoms with Crippen LogP contribution in [0.15, 0.2) is 194 Å². The molecular formula is C48H32N2. The van der Waals surface area contributed by atoms with Gasteiger partial charge in [-0.3, -0.25) is 0 Å². The third-order valence-corrected chi connectivity index (χ3v) is 10.1. The fourth-order valence-electron chi connectivity index (χ4n) is 7.92. The van der Waals surface area contributed by atoms with Gasteiger partial charge >= 0.3 is 0 Å². The summed E-state index contributed by atoms with van der Waals surface area (Å²) in [7, 11) is 0. The molecule has 0 unspecified atom stereocenters. The summed E-state index contributed by atoms with van der Waals surface area (Å²) in [6.07, 6.45) is 0. The van der Waals surface area contributed by atoms with Gasteiger partial charge in [0.05, 0.1) is 22.4 Å². The van der Waals surface area contributed by atoms with Crippen LogP contribution in [0.1, 0.15) is 0 Å². The monoisotopic (exact) mass is 636 g/mol. The number of fused-ring (bicyclic) bond motifs is 8. The van der Waals surface area contributed by atoms with Crippen molar-refractivity contribution in [3.05, 3.63) is 194 Å². The molecule has 0 atom stereocenters. The molecule has 0 saturated carbocycles. The van der Waals surface area contributed by atoms with Crippen molar-refractivity contribution < 1.29 is 0 Å². The molecule has 0 spiro atoms. The number of rotatable bonds is 5. The maximum atomic E-state index is 2.50. The van der Waals surface area contributed by atoms with Crippen molar-refractivity contribution in [3.8, 4) is 16.8 Å². The van der Waals surface area contributed by atoms with Crippen LogP contribution in [0, 0.1) is 0 Å². The number of aromatic nitrogens is 1. The predicted molar refractivity (Wildman–Crippen MR) is 213 cm³/mol. The lowest BCUT2D eigenvalue weighted by molar-refractivity contribution is 1.17. The maximum Gasteiger partial charge on any atom is 0.0782 e. The first-order valence-corrected chi connectivity index (χ1v) is 17.2. The van der Waals surface area contributed by atoms with Gasteiger partial charge in [0, 0.05) is 27.5 Å². The molecule has 0 saturated heterocycles. The number of hydrogen-bond donors (Lipinski definition) is 0. The van der Waals surface area contributed by atoms with E-state index < -0.39 is 0 Å². The van der Waals surface area contributed by atoms with Crippen LogP contribution < -0.4 is 4.90 Å². The van der Waals surface area contributed by atoms with Crippen molar-refractivity contribution in [1.29, 1.82) is 0 Å². The molecule has 234 valence electrons. The Hall–Kier alpha value is -6.64. The number of benzene rings is 9. The summed E-state index contributed by atoms with van der Waals surface area (Å²) in [5.74, 6) is 0. The molecule has 0 aliphatic carbocycles. The molecule has 1 aromatic heterocycles. The minimum absolute atomic E-state index is 1.11. The summed E-state index contributed by atoms with van der Waals surface area (Å²) in [5.41, 5.74) is 9.25. The second kappa shape index (κ2) is 11.5. The van der Waals surface area contributed by atoms with Gasteiger partial charge in [0.25, 0.3) is 0 Å². The van der Waals surface area contributed by atoms with Gasteiger partial charge in [-0.05, 0) is 80.5 Å². The van der Waals surface area contributed by atoms with Crippen LogP contribution in [0.2, 0.25) is 0 Å². The molecule has 0 amide bonds. The lowest BCUT2D eigenvalue weighted by Gasteiger charge is -2.29. The zero-order chi connectivity index (χ0) is 33.0. The second-order valence-corrected chi connectivity index (χ2v) is 12.9. The molecule has 0 radical (unpaired) electrons. The SMILES string of the molecule is c1ccc(-c2cccc(N(c3cc4c5ccccc5ccc4c4ccccc34)c3cccc4c5ccccc5n(-c5ccccc5)c34)c2)cc1. The van der Waals surface area contributed by atoms with E-state index >= 15 is 0 Å². The highest BCUT2D eigenvalue weighted by atomic mass is 15.2. The van der Waals surface area contributed by atoms with Crippen LogP contribution in [0.5, 0.6) is 0 Å². The lowest BCUT2D eigenvalue weighted by Crippen LogP contribution is -2.12. The Morgan fingerprint density at radius 1 is 0.340 bits per heavy atom. The summed E-state index contributed by atoms with van der Waals surface area (Å²) in [4.78, 5) is 2.50. The van der Waals surface area contributed by atoms with Crippen LogP contribution >= 0.6 is 0 Å².